The van der Waals surface area contributed by atoms with Gasteiger partial charge in [0.1, 0.15) is 0 Å². The summed E-state index contributed by atoms with van der Waals surface area (Å²) in [7, 11) is 0. The summed E-state index contributed by atoms with van der Waals surface area (Å²) >= 11 is 0. The molecule has 0 aliphatic carbocycles. The number of nitrogens with one attached hydrogen (secondary N) is 1. The molecule has 5 heteroatoms. The average Bonchev–Trinajstić information content (AvgIpc) is 2.16. The van der Waals surface area contributed by atoms with E-state index in [0.717, 1.165) is 32.2 Å². The number of nitrogens with zero attached hydrogens (tertiary/aromatic N) is 1. The van der Waals surface area contributed by atoms with E-state index in [9.17, 15) is 0 Å². The molecular formula is C16H51N5. The second-order valence-corrected chi connectivity index (χ2v) is 3.71. The summed E-state index contributed by atoms with van der Waals surface area (Å²) in [4.78, 5) is 2.48. The lowest BCUT2D eigenvalue weighted by molar-refractivity contribution is 0.150. The van der Waals surface area contributed by atoms with Crippen molar-refractivity contribution in [1.82, 2.24) is 10.2 Å². The highest BCUT2D eigenvalue weighted by atomic mass is 15.2. The maximum atomic E-state index is 5.51. The molecule has 0 unspecified atom stereocenters. The fourth-order valence-corrected chi connectivity index (χ4v) is 1.46. The normalized spacial score (nSPS) is 11.3. The predicted molar refractivity (Wildman–Crippen MR) is 106 cm³/mol. The molecule has 0 bridgehead atoms. The third-order valence-electron chi connectivity index (χ3n) is 2.37. The molecule has 5 nitrogen and oxygen atoms in total. The molecule has 21 heavy (non-hydrogen) atoms. The third-order valence-corrected chi connectivity index (χ3v) is 2.37. The number of rotatable bonds is 6. The molecule has 1 saturated heterocycles. The fraction of sp³-hybridized carbons (Fsp3) is 1.00. The molecule has 7 N–H and O–H groups in total. The first kappa shape index (κ1) is 42.8. The van der Waals surface area contributed by atoms with Crippen LogP contribution < -0.4 is 22.5 Å². The maximum absolute atomic E-state index is 5.51. The van der Waals surface area contributed by atoms with E-state index in [1.165, 1.54) is 13.0 Å². The van der Waals surface area contributed by atoms with Gasteiger partial charge in [-0.1, -0.05) is 51.5 Å². The molecule has 0 radical (unpaired) electrons. The first-order chi connectivity index (χ1) is 7.29. The Bertz CT molecular complexity index is 122. The Balaban J connectivity index is -0.0000000357. The van der Waals surface area contributed by atoms with Crippen LogP contribution in [0.5, 0.6) is 0 Å². The molecular weight excluding hydrogens is 262 g/mol. The first-order valence-electron chi connectivity index (χ1n) is 5.85. The maximum Gasteiger partial charge on any atom is 0.0345 e. The summed E-state index contributed by atoms with van der Waals surface area (Å²) in [5.41, 5.74) is 15.3. The monoisotopic (exact) mass is 313 g/mol. The molecule has 0 spiro atoms. The topological polar surface area (TPSA) is 93.3 Å². The Labute approximate surface area is 138 Å². The summed E-state index contributed by atoms with van der Waals surface area (Å²) in [6, 6.07) is 0.762. The van der Waals surface area contributed by atoms with Gasteiger partial charge >= 0.3 is 0 Å². The van der Waals surface area contributed by atoms with E-state index in [4.69, 9.17) is 17.2 Å². The highest BCUT2D eigenvalue weighted by molar-refractivity contribution is 4.84. The Morgan fingerprint density at radius 1 is 0.810 bits per heavy atom. The standard InChI is InChI=1S/C8H19N3.C2H8N2.6CH4/c1-2-4-11(5-3-9)8-6-10-7-8;3-1-2-4;;;;;;/h8,10H,2-7,9H2,1H3;1-4H2;6*1H4. The van der Waals surface area contributed by atoms with Gasteiger partial charge in [0.15, 0.2) is 0 Å². The van der Waals surface area contributed by atoms with Crippen LogP contribution in [-0.2, 0) is 0 Å². The highest BCUT2D eigenvalue weighted by Crippen LogP contribution is 2.04. The Morgan fingerprint density at radius 3 is 1.43 bits per heavy atom. The zero-order valence-corrected chi connectivity index (χ0v) is 9.91. The third kappa shape index (κ3) is 22.2. The summed E-state index contributed by atoms with van der Waals surface area (Å²) < 4.78 is 0. The minimum Gasteiger partial charge on any atom is -0.329 e. The van der Waals surface area contributed by atoms with Crippen molar-refractivity contribution in [2.75, 3.05) is 45.8 Å². The van der Waals surface area contributed by atoms with Gasteiger partial charge in [-0.15, -0.1) is 0 Å². The molecule has 0 amide bonds. The molecule has 0 aromatic rings. The van der Waals surface area contributed by atoms with Crippen molar-refractivity contribution in [3.63, 3.8) is 0 Å². The Hall–Kier alpha value is -0.200. The average molecular weight is 314 g/mol. The predicted octanol–water partition coefficient (Wildman–Crippen LogP) is 2.35. The largest absolute Gasteiger partial charge is 0.329 e. The lowest BCUT2D eigenvalue weighted by Gasteiger charge is -2.37. The van der Waals surface area contributed by atoms with Crippen molar-refractivity contribution in [2.45, 2.75) is 63.9 Å². The van der Waals surface area contributed by atoms with E-state index >= 15 is 0 Å². The summed E-state index contributed by atoms with van der Waals surface area (Å²) in [6.07, 6.45) is 1.23. The van der Waals surface area contributed by atoms with Crippen molar-refractivity contribution in [3.8, 4) is 0 Å². The Kier molecular flexibility index (Phi) is 65.1. The van der Waals surface area contributed by atoms with Crippen LogP contribution in [0, 0.1) is 0 Å². The van der Waals surface area contributed by atoms with E-state index in [1.54, 1.807) is 0 Å². The lowest BCUT2D eigenvalue weighted by Crippen LogP contribution is -2.58. The molecule has 0 saturated carbocycles. The van der Waals surface area contributed by atoms with E-state index in [0.29, 0.717) is 13.1 Å². The fourth-order valence-electron chi connectivity index (χ4n) is 1.46. The van der Waals surface area contributed by atoms with E-state index < -0.39 is 0 Å². The smallest absolute Gasteiger partial charge is 0.0345 e. The van der Waals surface area contributed by atoms with Crippen LogP contribution in [0.25, 0.3) is 0 Å². The van der Waals surface area contributed by atoms with E-state index in [-0.39, 0.29) is 44.6 Å². The van der Waals surface area contributed by atoms with Gasteiger partial charge in [-0.2, -0.15) is 0 Å². The van der Waals surface area contributed by atoms with Crippen LogP contribution in [-0.4, -0.2) is 56.8 Å². The van der Waals surface area contributed by atoms with Gasteiger partial charge in [0.2, 0.25) is 0 Å². The van der Waals surface area contributed by atoms with Gasteiger partial charge in [-0.05, 0) is 13.0 Å². The van der Waals surface area contributed by atoms with Gasteiger partial charge in [0.25, 0.3) is 0 Å². The van der Waals surface area contributed by atoms with Crippen LogP contribution in [0.1, 0.15) is 57.9 Å². The van der Waals surface area contributed by atoms with Crippen LogP contribution in [0.3, 0.4) is 0 Å². The van der Waals surface area contributed by atoms with Crippen LogP contribution in [0.4, 0.5) is 0 Å². The molecule has 0 atom stereocenters. The molecule has 1 fully saturated rings. The van der Waals surface area contributed by atoms with Crippen molar-refractivity contribution in [3.05, 3.63) is 0 Å². The second-order valence-electron chi connectivity index (χ2n) is 3.71. The van der Waals surface area contributed by atoms with E-state index in [2.05, 4.69) is 17.1 Å². The number of hydrogen-bond acceptors (Lipinski definition) is 5. The van der Waals surface area contributed by atoms with Crippen molar-refractivity contribution < 1.29 is 0 Å². The summed E-state index contributed by atoms with van der Waals surface area (Å²) in [5.74, 6) is 0. The molecule has 1 rings (SSSR count). The highest BCUT2D eigenvalue weighted by Gasteiger charge is 2.22. The SMILES string of the molecule is C.C.C.C.C.C.CCCN(CCN)C1CNC1.NCCN. The quantitative estimate of drug-likeness (QED) is 0.604. The van der Waals surface area contributed by atoms with Crippen LogP contribution in [0.15, 0.2) is 0 Å². The minimum absolute atomic E-state index is 0. The minimum atomic E-state index is 0. The lowest BCUT2D eigenvalue weighted by atomic mass is 10.1. The van der Waals surface area contributed by atoms with Crippen molar-refractivity contribution in [1.29, 1.82) is 0 Å². The van der Waals surface area contributed by atoms with Gasteiger partial charge in [-0.3, -0.25) is 4.90 Å². The van der Waals surface area contributed by atoms with Gasteiger partial charge < -0.3 is 22.5 Å². The Morgan fingerprint density at radius 2 is 1.24 bits per heavy atom. The van der Waals surface area contributed by atoms with Crippen molar-refractivity contribution in [2.24, 2.45) is 17.2 Å². The van der Waals surface area contributed by atoms with Crippen LogP contribution in [0.2, 0.25) is 0 Å². The summed E-state index contributed by atoms with van der Waals surface area (Å²) in [6.45, 7) is 8.76. The van der Waals surface area contributed by atoms with E-state index in [1.807, 2.05) is 0 Å². The van der Waals surface area contributed by atoms with Gasteiger partial charge in [-0.25, -0.2) is 0 Å². The molecule has 1 aliphatic rings. The van der Waals surface area contributed by atoms with Gasteiger partial charge in [0.05, 0.1) is 0 Å². The summed E-state index contributed by atoms with van der Waals surface area (Å²) in [5, 5.41) is 3.28. The van der Waals surface area contributed by atoms with Crippen molar-refractivity contribution >= 4 is 0 Å². The zero-order chi connectivity index (χ0) is 11.5. The van der Waals surface area contributed by atoms with Gasteiger partial charge in [0, 0.05) is 45.3 Å². The molecule has 140 valence electrons. The molecule has 1 heterocycles. The molecule has 0 aromatic heterocycles. The first-order valence-corrected chi connectivity index (χ1v) is 5.85. The second kappa shape index (κ2) is 31.9. The number of nitrogens with two attached hydrogens (primary N) is 3. The zero-order valence-electron chi connectivity index (χ0n) is 9.91. The molecule has 1 aliphatic heterocycles. The molecule has 0 aromatic carbocycles. The van der Waals surface area contributed by atoms with Crippen LogP contribution >= 0.6 is 0 Å². The number of hydrogen-bond donors (Lipinski definition) is 4.